The van der Waals surface area contributed by atoms with Gasteiger partial charge in [-0.15, -0.1) is 11.8 Å². The molecule has 2 aromatic carbocycles. The van der Waals surface area contributed by atoms with Crippen LogP contribution in [0.25, 0.3) is 27.9 Å². The zero-order valence-electron chi connectivity index (χ0n) is 22.5. The Labute approximate surface area is 236 Å². The number of rotatable bonds is 7. The fourth-order valence-corrected chi connectivity index (χ4v) is 7.21. The summed E-state index contributed by atoms with van der Waals surface area (Å²) in [6.07, 6.45) is 4.06. The van der Waals surface area contributed by atoms with Crippen molar-refractivity contribution in [3.8, 4) is 11.4 Å². The lowest BCUT2D eigenvalue weighted by Crippen LogP contribution is -2.26. The van der Waals surface area contributed by atoms with Gasteiger partial charge in [-0.25, -0.2) is 14.8 Å². The Morgan fingerprint density at radius 1 is 1.02 bits per heavy atom. The molecule has 0 unspecified atom stereocenters. The summed E-state index contributed by atoms with van der Waals surface area (Å²) in [4.78, 5) is 36.7. The molecule has 0 radical (unpaired) electrons. The number of carbonyl (C=O) groups excluding carboxylic acids is 2. The first kappa shape index (κ1) is 26.2. The van der Waals surface area contributed by atoms with Gasteiger partial charge in [0.15, 0.2) is 5.65 Å². The smallest absolute Gasteiger partial charge is 0.336 e. The molecule has 206 valence electrons. The fraction of sp³-hybridized carbons (Fsp3) is 0.333. The van der Waals surface area contributed by atoms with Crippen molar-refractivity contribution in [2.24, 2.45) is 5.92 Å². The monoisotopic (exact) mass is 557 g/mol. The van der Waals surface area contributed by atoms with Crippen LogP contribution in [0.15, 0.2) is 59.1 Å². The quantitative estimate of drug-likeness (QED) is 0.291. The Morgan fingerprint density at radius 2 is 1.75 bits per heavy atom. The van der Waals surface area contributed by atoms with Gasteiger partial charge in [0, 0.05) is 16.9 Å². The number of benzene rings is 2. The summed E-state index contributed by atoms with van der Waals surface area (Å²) in [5.74, 6) is 0.217. The maximum absolute atomic E-state index is 14.0. The van der Waals surface area contributed by atoms with E-state index in [2.05, 4.69) is 5.32 Å². The molecule has 6 rings (SSSR count). The number of carbonyl (C=O) groups is 2. The molecule has 1 aliphatic carbocycles. The number of fused-ring (bicyclic) bond motifs is 3. The van der Waals surface area contributed by atoms with E-state index in [0.29, 0.717) is 39.4 Å². The minimum atomic E-state index is -0.431. The highest BCUT2D eigenvalue weighted by Gasteiger charge is 2.42. The number of thioether (sulfide) groups is 1. The van der Waals surface area contributed by atoms with Crippen molar-refractivity contribution in [2.45, 2.75) is 44.8 Å². The van der Waals surface area contributed by atoms with E-state index in [4.69, 9.17) is 25.2 Å². The highest BCUT2D eigenvalue weighted by atomic mass is 32.2. The summed E-state index contributed by atoms with van der Waals surface area (Å²) in [5, 5.41) is 3.83. The van der Waals surface area contributed by atoms with Gasteiger partial charge in [-0.1, -0.05) is 25.0 Å². The molecule has 0 bridgehead atoms. The number of esters is 1. The number of nitrogens with zero attached hydrogens (tertiary/aromatic N) is 3. The third-order valence-electron chi connectivity index (χ3n) is 7.44. The van der Waals surface area contributed by atoms with Crippen molar-refractivity contribution in [2.75, 3.05) is 18.9 Å². The number of nitrogen functional groups attached to an aromatic ring is 1. The molecule has 1 fully saturated rings. The summed E-state index contributed by atoms with van der Waals surface area (Å²) < 4.78 is 12.7. The van der Waals surface area contributed by atoms with Gasteiger partial charge in [0.25, 0.3) is 5.91 Å². The van der Waals surface area contributed by atoms with Crippen LogP contribution in [0.4, 0.5) is 5.82 Å². The highest BCUT2D eigenvalue weighted by molar-refractivity contribution is 8.04. The topological polar surface area (TPSA) is 121 Å². The van der Waals surface area contributed by atoms with E-state index >= 15 is 0 Å². The molecular formula is C30H31N5O4S. The van der Waals surface area contributed by atoms with Gasteiger partial charge in [0.05, 0.1) is 34.8 Å². The Morgan fingerprint density at radius 3 is 2.48 bits per heavy atom. The van der Waals surface area contributed by atoms with E-state index in [1.807, 2.05) is 55.5 Å². The SMILES string of the molecule is CCOC(=O)C1=C(NC(=O)c2c(N)n(-c3ccc(OCC)cc3)c3nc4ccccc4nc23)S[C@@H]2CCCC[C@H]12. The number of nitrogens with one attached hydrogen (secondary N) is 1. The molecule has 3 N–H and O–H groups in total. The lowest BCUT2D eigenvalue weighted by atomic mass is 9.84. The molecule has 0 saturated heterocycles. The molecule has 4 aromatic rings. The number of hydrogen-bond donors (Lipinski definition) is 2. The van der Waals surface area contributed by atoms with Gasteiger partial charge in [-0.05, 0) is 63.1 Å². The molecule has 2 aliphatic rings. The Balaban J connectivity index is 1.47. The van der Waals surface area contributed by atoms with Crippen molar-refractivity contribution in [1.29, 1.82) is 0 Å². The zero-order chi connectivity index (χ0) is 27.8. The van der Waals surface area contributed by atoms with Gasteiger partial charge in [0.2, 0.25) is 0 Å². The van der Waals surface area contributed by atoms with Crippen LogP contribution >= 0.6 is 11.8 Å². The molecule has 1 amide bonds. The molecule has 2 aromatic heterocycles. The van der Waals surface area contributed by atoms with Crippen molar-refractivity contribution < 1.29 is 19.1 Å². The largest absolute Gasteiger partial charge is 0.494 e. The summed E-state index contributed by atoms with van der Waals surface area (Å²) in [7, 11) is 0. The second-order valence-corrected chi connectivity index (χ2v) is 11.1. The lowest BCUT2D eigenvalue weighted by Gasteiger charge is -2.25. The lowest BCUT2D eigenvalue weighted by molar-refractivity contribution is -0.139. The van der Waals surface area contributed by atoms with E-state index in [0.717, 1.165) is 37.1 Å². The molecule has 1 aliphatic heterocycles. The van der Waals surface area contributed by atoms with Crippen LogP contribution in [0.5, 0.6) is 5.75 Å². The maximum Gasteiger partial charge on any atom is 0.336 e. The van der Waals surface area contributed by atoms with Crippen molar-refractivity contribution in [3.63, 3.8) is 0 Å². The van der Waals surface area contributed by atoms with Crippen LogP contribution in [0.2, 0.25) is 0 Å². The van der Waals surface area contributed by atoms with Gasteiger partial charge in [-0.2, -0.15) is 0 Å². The van der Waals surface area contributed by atoms with Gasteiger partial charge in [0.1, 0.15) is 22.6 Å². The van der Waals surface area contributed by atoms with Crippen LogP contribution in [0, 0.1) is 5.92 Å². The number of para-hydroxylation sites is 2. The summed E-state index contributed by atoms with van der Waals surface area (Å²) >= 11 is 1.55. The third kappa shape index (κ3) is 4.56. The van der Waals surface area contributed by atoms with E-state index in [1.54, 1.807) is 23.3 Å². The Bertz CT molecular complexity index is 1650. The first-order valence-electron chi connectivity index (χ1n) is 13.7. The van der Waals surface area contributed by atoms with Crippen LogP contribution in [-0.4, -0.2) is 44.9 Å². The van der Waals surface area contributed by atoms with Crippen molar-refractivity contribution in [1.82, 2.24) is 19.9 Å². The molecule has 3 heterocycles. The zero-order valence-corrected chi connectivity index (χ0v) is 23.3. The number of anilines is 1. The average molecular weight is 558 g/mol. The summed E-state index contributed by atoms with van der Waals surface area (Å²) in [5.41, 5.74) is 10.4. The predicted octanol–water partition coefficient (Wildman–Crippen LogP) is 5.36. The normalized spacial score (nSPS) is 18.6. The second kappa shape index (κ2) is 10.8. The summed E-state index contributed by atoms with van der Waals surface area (Å²) in [6, 6.07) is 15.0. The fourth-order valence-electron chi connectivity index (χ4n) is 5.67. The number of hydrogen-bond acceptors (Lipinski definition) is 8. The van der Waals surface area contributed by atoms with Gasteiger partial charge in [-0.3, -0.25) is 9.36 Å². The van der Waals surface area contributed by atoms with E-state index < -0.39 is 5.91 Å². The number of amides is 1. The van der Waals surface area contributed by atoms with Crippen LogP contribution in [0.3, 0.4) is 0 Å². The molecule has 9 nitrogen and oxygen atoms in total. The molecule has 1 saturated carbocycles. The van der Waals surface area contributed by atoms with Crippen LogP contribution in [0.1, 0.15) is 49.9 Å². The first-order chi connectivity index (χ1) is 19.5. The van der Waals surface area contributed by atoms with Crippen molar-refractivity contribution >= 4 is 51.7 Å². The van der Waals surface area contributed by atoms with Crippen molar-refractivity contribution in [3.05, 3.63) is 64.7 Å². The number of nitrogens with two attached hydrogens (primary N) is 1. The molecule has 2 atom stereocenters. The minimum Gasteiger partial charge on any atom is -0.494 e. The maximum atomic E-state index is 14.0. The Kier molecular flexibility index (Phi) is 7.10. The van der Waals surface area contributed by atoms with Crippen LogP contribution in [-0.2, 0) is 9.53 Å². The average Bonchev–Trinajstić information content (AvgIpc) is 3.46. The van der Waals surface area contributed by atoms with Gasteiger partial charge < -0.3 is 20.5 Å². The van der Waals surface area contributed by atoms with E-state index in [9.17, 15) is 9.59 Å². The van der Waals surface area contributed by atoms with E-state index in [1.165, 1.54) is 0 Å². The van der Waals surface area contributed by atoms with E-state index in [-0.39, 0.29) is 35.1 Å². The minimum absolute atomic E-state index is 0.0689. The molecular weight excluding hydrogens is 526 g/mol. The third-order valence-corrected chi connectivity index (χ3v) is 8.87. The molecule has 0 spiro atoms. The van der Waals surface area contributed by atoms with Crippen LogP contribution < -0.4 is 15.8 Å². The standard InChI is InChI=1S/C30H31N5O4S/c1-3-38-18-15-13-17(14-16-18)35-26(31)24(25-27(35)33-21-11-7-6-10-20(21)32-25)28(36)34-29-23(30(37)39-4-2)19-9-5-8-12-22(19)40-29/h6-7,10-11,13-16,19,22H,3-5,8-9,12,31H2,1-2H3,(H,34,36)/t19-,22+/m0/s1. The molecule has 10 heteroatoms. The highest BCUT2D eigenvalue weighted by Crippen LogP contribution is 2.48. The summed E-state index contributed by atoms with van der Waals surface area (Å²) in [6.45, 7) is 4.55. The van der Waals surface area contributed by atoms with Gasteiger partial charge >= 0.3 is 5.97 Å². The number of aromatic nitrogens is 3. The second-order valence-electron chi connectivity index (χ2n) is 9.87. The molecule has 40 heavy (non-hydrogen) atoms. The predicted molar refractivity (Wildman–Crippen MR) is 156 cm³/mol. The Hall–Kier alpha value is -4.05. The first-order valence-corrected chi connectivity index (χ1v) is 14.6. The number of ether oxygens (including phenoxy) is 2.